The van der Waals surface area contributed by atoms with Gasteiger partial charge >= 0.3 is 6.09 Å². The molecule has 1 fully saturated rings. The third-order valence-corrected chi connectivity index (χ3v) is 2.08. The van der Waals surface area contributed by atoms with E-state index in [0.717, 1.165) is 6.92 Å². The zero-order valence-corrected chi connectivity index (χ0v) is 7.60. The van der Waals surface area contributed by atoms with Crippen molar-refractivity contribution in [3.63, 3.8) is 0 Å². The number of cyclic esters (lactones) is 1. The van der Waals surface area contributed by atoms with Crippen molar-refractivity contribution in [2.75, 3.05) is 6.54 Å². The van der Waals surface area contributed by atoms with Crippen LogP contribution in [0, 0.1) is 5.41 Å². The molecule has 1 aliphatic rings. The highest BCUT2D eigenvalue weighted by Gasteiger charge is 2.50. The van der Waals surface area contributed by atoms with Gasteiger partial charge < -0.3 is 24.5 Å². The molecule has 1 heterocycles. The number of hydrogen-bond donors (Lipinski definition) is 1. The van der Waals surface area contributed by atoms with Crippen molar-refractivity contribution in [3.05, 3.63) is 0 Å². The molecule has 0 spiro atoms. The summed E-state index contributed by atoms with van der Waals surface area (Å²) in [4.78, 5) is 32.4. The minimum absolute atomic E-state index is 0.347. The van der Waals surface area contributed by atoms with Gasteiger partial charge in [-0.3, -0.25) is 10.3 Å². The van der Waals surface area contributed by atoms with Gasteiger partial charge in [-0.1, -0.05) is 0 Å². The monoisotopic (exact) mass is 214 g/mol. The van der Waals surface area contributed by atoms with Crippen molar-refractivity contribution >= 4 is 23.9 Å². The second-order valence-corrected chi connectivity index (χ2v) is 3.01. The molecule has 1 unspecified atom stereocenters. The number of carbonyl (C=O) groups is 3. The Hall–Kier alpha value is -2.12. The van der Waals surface area contributed by atoms with Crippen LogP contribution in [-0.4, -0.2) is 40.9 Å². The third-order valence-electron chi connectivity index (χ3n) is 2.08. The minimum atomic E-state index is -2.20. The molecular formula is C7H6N2O6-2. The second-order valence-electron chi connectivity index (χ2n) is 3.01. The molecular weight excluding hydrogens is 208 g/mol. The molecule has 15 heavy (non-hydrogen) atoms. The van der Waals surface area contributed by atoms with Crippen molar-refractivity contribution in [1.29, 1.82) is 5.41 Å². The van der Waals surface area contributed by atoms with E-state index in [1.165, 1.54) is 0 Å². The van der Waals surface area contributed by atoms with Crippen molar-refractivity contribution < 1.29 is 29.3 Å². The normalized spacial score (nSPS) is 25.3. The van der Waals surface area contributed by atoms with E-state index in [2.05, 4.69) is 4.74 Å². The molecule has 1 N–H and O–H groups in total. The van der Waals surface area contributed by atoms with Gasteiger partial charge in [0.25, 0.3) is 0 Å². The van der Waals surface area contributed by atoms with Crippen LogP contribution >= 0.6 is 0 Å². The van der Waals surface area contributed by atoms with E-state index < -0.39 is 36.0 Å². The van der Waals surface area contributed by atoms with Gasteiger partial charge in [0.1, 0.15) is 0 Å². The first-order valence-corrected chi connectivity index (χ1v) is 3.80. The van der Waals surface area contributed by atoms with Crippen LogP contribution in [0.3, 0.4) is 0 Å². The molecule has 1 amide bonds. The Bertz CT molecular complexity index is 364. The lowest BCUT2D eigenvalue weighted by Crippen LogP contribution is -2.60. The van der Waals surface area contributed by atoms with Crippen LogP contribution in [0.15, 0.2) is 0 Å². The summed E-state index contributed by atoms with van der Waals surface area (Å²) in [6, 6.07) is 0. The van der Waals surface area contributed by atoms with Crippen LogP contribution in [0.2, 0.25) is 0 Å². The quantitative estimate of drug-likeness (QED) is 0.522. The summed E-state index contributed by atoms with van der Waals surface area (Å²) in [7, 11) is 0. The number of nitrogens with zero attached hydrogens (tertiary/aromatic N) is 1. The van der Waals surface area contributed by atoms with Gasteiger partial charge in [0.2, 0.25) is 5.90 Å². The maximum absolute atomic E-state index is 11.0. The summed E-state index contributed by atoms with van der Waals surface area (Å²) < 4.78 is 4.21. The van der Waals surface area contributed by atoms with E-state index in [1.54, 1.807) is 0 Å². The van der Waals surface area contributed by atoms with E-state index >= 15 is 0 Å². The Morgan fingerprint density at radius 3 is 2.47 bits per heavy atom. The summed E-state index contributed by atoms with van der Waals surface area (Å²) in [6.45, 7) is -0.0375. The summed E-state index contributed by atoms with van der Waals surface area (Å²) >= 11 is 0. The molecule has 1 saturated heterocycles. The SMILES string of the molecule is CC1(C(=O)[O-])C(=N)OC(=O)N1CC(=O)[O-]. The Morgan fingerprint density at radius 2 is 2.07 bits per heavy atom. The third kappa shape index (κ3) is 1.49. The largest absolute Gasteiger partial charge is 0.548 e. The first-order chi connectivity index (χ1) is 6.80. The van der Waals surface area contributed by atoms with Crippen molar-refractivity contribution in [3.8, 4) is 0 Å². The average molecular weight is 214 g/mol. The lowest BCUT2D eigenvalue weighted by atomic mass is 10.0. The zero-order chi connectivity index (χ0) is 11.8. The van der Waals surface area contributed by atoms with Crippen LogP contribution in [-0.2, 0) is 14.3 Å². The number of hydrogen-bond acceptors (Lipinski definition) is 7. The maximum atomic E-state index is 11.0. The lowest BCUT2D eigenvalue weighted by molar-refractivity contribution is -0.315. The number of carbonyl (C=O) groups excluding carboxylic acids is 3. The Balaban J connectivity index is 3.10. The van der Waals surface area contributed by atoms with E-state index in [-0.39, 0.29) is 0 Å². The van der Waals surface area contributed by atoms with Crippen LogP contribution in [0.25, 0.3) is 0 Å². The molecule has 0 aliphatic carbocycles. The second kappa shape index (κ2) is 3.23. The number of carboxylic acid groups (broad SMARTS) is 2. The number of ether oxygens (including phenoxy) is 1. The molecule has 0 aromatic heterocycles. The molecule has 8 nitrogen and oxygen atoms in total. The molecule has 1 rings (SSSR count). The highest BCUT2D eigenvalue weighted by molar-refractivity contribution is 6.13. The van der Waals surface area contributed by atoms with E-state index in [9.17, 15) is 24.6 Å². The predicted octanol–water partition coefficient (Wildman–Crippen LogP) is -3.33. The molecule has 0 radical (unpaired) electrons. The predicted molar refractivity (Wildman–Crippen MR) is 39.3 cm³/mol. The average Bonchev–Trinajstić information content (AvgIpc) is 2.30. The maximum Gasteiger partial charge on any atom is 0.417 e. The molecule has 1 aliphatic heterocycles. The van der Waals surface area contributed by atoms with E-state index in [1.807, 2.05) is 0 Å². The Labute approximate surface area is 83.6 Å². The van der Waals surface area contributed by atoms with Crippen molar-refractivity contribution in [2.24, 2.45) is 0 Å². The smallest absolute Gasteiger partial charge is 0.417 e. The minimum Gasteiger partial charge on any atom is -0.548 e. The fourth-order valence-corrected chi connectivity index (χ4v) is 1.10. The van der Waals surface area contributed by atoms with Crippen LogP contribution in [0.1, 0.15) is 6.92 Å². The highest BCUT2D eigenvalue weighted by atomic mass is 16.6. The molecule has 1 atom stereocenters. The molecule has 0 bridgehead atoms. The number of carboxylic acids is 2. The van der Waals surface area contributed by atoms with Crippen LogP contribution in [0.4, 0.5) is 4.79 Å². The summed E-state index contributed by atoms with van der Waals surface area (Å²) in [5.41, 5.74) is -2.20. The number of aliphatic carboxylic acids is 2. The number of nitrogens with one attached hydrogen (secondary N) is 1. The van der Waals surface area contributed by atoms with Gasteiger partial charge in [-0.25, -0.2) is 4.79 Å². The Morgan fingerprint density at radius 1 is 1.53 bits per heavy atom. The molecule has 8 heteroatoms. The first kappa shape index (κ1) is 11.0. The topological polar surface area (TPSA) is 134 Å². The van der Waals surface area contributed by atoms with Gasteiger partial charge in [-0.05, 0) is 6.92 Å². The molecule has 0 saturated carbocycles. The molecule has 82 valence electrons. The fraction of sp³-hybridized carbons (Fsp3) is 0.429. The lowest BCUT2D eigenvalue weighted by Gasteiger charge is -2.31. The number of amides is 1. The summed E-state index contributed by atoms with van der Waals surface area (Å²) in [6.07, 6.45) is -1.23. The van der Waals surface area contributed by atoms with Gasteiger partial charge in [0, 0.05) is 0 Å². The zero-order valence-electron chi connectivity index (χ0n) is 7.60. The standard InChI is InChI=1S/C7H8N2O6/c1-7(5(12)13)4(8)15-6(14)9(7)2-3(10)11/h8H,2H2,1H3,(H,10,11)(H,12,13)/p-2. The van der Waals surface area contributed by atoms with Gasteiger partial charge in [0.05, 0.1) is 18.5 Å². The summed E-state index contributed by atoms with van der Waals surface area (Å²) in [5, 5.41) is 28.1. The van der Waals surface area contributed by atoms with Gasteiger partial charge in [-0.15, -0.1) is 0 Å². The van der Waals surface area contributed by atoms with Crippen molar-refractivity contribution in [2.45, 2.75) is 12.5 Å². The number of rotatable bonds is 3. The summed E-state index contributed by atoms with van der Waals surface area (Å²) in [5.74, 6) is -4.33. The molecule has 0 aromatic carbocycles. The van der Waals surface area contributed by atoms with Crippen LogP contribution in [0.5, 0.6) is 0 Å². The van der Waals surface area contributed by atoms with Gasteiger partial charge in [-0.2, -0.15) is 0 Å². The van der Waals surface area contributed by atoms with Crippen LogP contribution < -0.4 is 10.2 Å². The van der Waals surface area contributed by atoms with E-state index in [4.69, 9.17) is 5.41 Å². The van der Waals surface area contributed by atoms with Crippen molar-refractivity contribution in [1.82, 2.24) is 4.90 Å². The highest BCUT2D eigenvalue weighted by Crippen LogP contribution is 2.24. The fourth-order valence-electron chi connectivity index (χ4n) is 1.10. The molecule has 0 aromatic rings. The Kier molecular flexibility index (Phi) is 2.36. The van der Waals surface area contributed by atoms with Gasteiger partial charge in [0.15, 0.2) is 5.54 Å². The first-order valence-electron chi connectivity index (χ1n) is 3.80. The van der Waals surface area contributed by atoms with E-state index in [0.29, 0.717) is 4.90 Å².